The summed E-state index contributed by atoms with van der Waals surface area (Å²) in [7, 11) is 4.30. The van der Waals surface area contributed by atoms with Crippen molar-refractivity contribution in [3.63, 3.8) is 0 Å². The van der Waals surface area contributed by atoms with E-state index in [1.807, 2.05) is 30.6 Å². The number of nitrogens with zero attached hydrogens (tertiary/aromatic N) is 5. The van der Waals surface area contributed by atoms with Gasteiger partial charge >= 0.3 is 0 Å². The molecule has 0 amide bonds. The van der Waals surface area contributed by atoms with Gasteiger partial charge < -0.3 is 4.90 Å². The summed E-state index contributed by atoms with van der Waals surface area (Å²) in [5.41, 5.74) is 2.01. The summed E-state index contributed by atoms with van der Waals surface area (Å²) in [4.78, 5) is 18.2. The molecule has 1 fully saturated rings. The molecular weight excluding hydrogens is 298 g/mol. The van der Waals surface area contributed by atoms with Crippen LogP contribution in [0, 0.1) is 0 Å². The van der Waals surface area contributed by atoms with Crippen LogP contribution in [0.1, 0.15) is 31.2 Å². The lowest BCUT2D eigenvalue weighted by molar-refractivity contribution is 0.124. The fourth-order valence-electron chi connectivity index (χ4n) is 3.30. The first-order valence-corrected chi connectivity index (χ1v) is 8.83. The van der Waals surface area contributed by atoms with E-state index in [4.69, 9.17) is 0 Å². The first-order valence-electron chi connectivity index (χ1n) is 8.83. The Kier molecular flexibility index (Phi) is 5.88. The second-order valence-corrected chi connectivity index (χ2v) is 6.84. The molecule has 2 aromatic heterocycles. The van der Waals surface area contributed by atoms with Crippen LogP contribution in [0.2, 0.25) is 0 Å². The van der Waals surface area contributed by atoms with E-state index >= 15 is 0 Å². The third-order valence-electron chi connectivity index (χ3n) is 4.64. The van der Waals surface area contributed by atoms with Gasteiger partial charge in [-0.05, 0) is 58.6 Å². The Bertz CT molecular complexity index is 611. The zero-order valence-electron chi connectivity index (χ0n) is 14.7. The normalized spacial score (nSPS) is 18.9. The number of pyridine rings is 1. The number of aromatic nitrogens is 3. The minimum atomic E-state index is 0.677. The fourth-order valence-corrected chi connectivity index (χ4v) is 3.30. The first kappa shape index (κ1) is 17.0. The van der Waals surface area contributed by atoms with E-state index in [2.05, 4.69) is 38.8 Å². The summed E-state index contributed by atoms with van der Waals surface area (Å²) in [6.07, 6.45) is 10.9. The summed E-state index contributed by atoms with van der Waals surface area (Å²) in [5, 5.41) is 0. The van der Waals surface area contributed by atoms with E-state index in [0.29, 0.717) is 11.9 Å². The molecule has 0 N–H and O–H groups in total. The zero-order valence-corrected chi connectivity index (χ0v) is 14.7. The van der Waals surface area contributed by atoms with Crippen LogP contribution in [0.25, 0.3) is 11.5 Å². The van der Waals surface area contributed by atoms with Crippen molar-refractivity contribution in [3.05, 3.63) is 42.4 Å². The summed E-state index contributed by atoms with van der Waals surface area (Å²) in [5.74, 6) is 0.696. The van der Waals surface area contributed by atoms with Crippen molar-refractivity contribution in [2.24, 2.45) is 0 Å². The van der Waals surface area contributed by atoms with Crippen LogP contribution in [0.15, 0.2) is 36.8 Å². The maximum atomic E-state index is 4.51. The number of hydrogen-bond acceptors (Lipinski definition) is 5. The van der Waals surface area contributed by atoms with Gasteiger partial charge in [0.1, 0.15) is 5.69 Å². The summed E-state index contributed by atoms with van der Waals surface area (Å²) < 4.78 is 0. The number of hydrogen-bond donors (Lipinski definition) is 0. The molecule has 1 saturated heterocycles. The van der Waals surface area contributed by atoms with E-state index in [0.717, 1.165) is 18.8 Å². The molecule has 0 spiro atoms. The molecule has 0 aromatic carbocycles. The molecule has 128 valence electrons. The molecule has 0 bridgehead atoms. The molecule has 0 radical (unpaired) electrons. The summed E-state index contributed by atoms with van der Waals surface area (Å²) >= 11 is 0. The minimum Gasteiger partial charge on any atom is -0.309 e. The molecule has 3 rings (SSSR count). The maximum Gasteiger partial charge on any atom is 0.178 e. The quantitative estimate of drug-likeness (QED) is 0.817. The van der Waals surface area contributed by atoms with Crippen molar-refractivity contribution in [1.82, 2.24) is 24.8 Å². The van der Waals surface area contributed by atoms with Crippen molar-refractivity contribution in [2.75, 3.05) is 27.2 Å². The topological polar surface area (TPSA) is 45.2 Å². The van der Waals surface area contributed by atoms with Crippen molar-refractivity contribution >= 4 is 0 Å². The van der Waals surface area contributed by atoms with Crippen LogP contribution in [0.4, 0.5) is 0 Å². The summed E-state index contributed by atoms with van der Waals surface area (Å²) in [6.45, 7) is 3.27. The SMILES string of the molecule is CN(C)CCC1CCCCN1Cc1cnc(-c2ccccn2)nc1. The lowest BCUT2D eigenvalue weighted by atomic mass is 9.98. The smallest absolute Gasteiger partial charge is 0.178 e. The highest BCUT2D eigenvalue weighted by Crippen LogP contribution is 2.22. The van der Waals surface area contributed by atoms with E-state index in [1.54, 1.807) is 6.20 Å². The van der Waals surface area contributed by atoms with Crippen LogP contribution in [-0.4, -0.2) is 58.0 Å². The highest BCUT2D eigenvalue weighted by atomic mass is 15.2. The van der Waals surface area contributed by atoms with Gasteiger partial charge in [-0.2, -0.15) is 0 Å². The van der Waals surface area contributed by atoms with Crippen molar-refractivity contribution in [2.45, 2.75) is 38.3 Å². The molecule has 0 aliphatic carbocycles. The second kappa shape index (κ2) is 8.31. The van der Waals surface area contributed by atoms with Crippen LogP contribution in [0.3, 0.4) is 0 Å². The standard InChI is InChI=1S/C19H27N5/c1-23(2)12-9-17-7-4-6-11-24(17)15-16-13-21-19(22-14-16)18-8-3-5-10-20-18/h3,5,8,10,13-14,17H,4,6-7,9,11-12,15H2,1-2H3. The monoisotopic (exact) mass is 325 g/mol. The van der Waals surface area contributed by atoms with Crippen molar-refractivity contribution < 1.29 is 0 Å². The van der Waals surface area contributed by atoms with Gasteiger partial charge in [0, 0.05) is 36.7 Å². The Labute approximate surface area is 144 Å². The Balaban J connectivity index is 1.63. The third kappa shape index (κ3) is 4.58. The number of piperidine rings is 1. The van der Waals surface area contributed by atoms with Crippen molar-refractivity contribution in [3.8, 4) is 11.5 Å². The van der Waals surface area contributed by atoms with E-state index < -0.39 is 0 Å². The van der Waals surface area contributed by atoms with Gasteiger partial charge in [0.15, 0.2) is 5.82 Å². The molecule has 1 atom stereocenters. The number of likely N-dealkylation sites (tertiary alicyclic amines) is 1. The van der Waals surface area contributed by atoms with Crippen LogP contribution in [0.5, 0.6) is 0 Å². The second-order valence-electron chi connectivity index (χ2n) is 6.84. The maximum absolute atomic E-state index is 4.51. The molecule has 5 nitrogen and oxygen atoms in total. The molecule has 0 saturated carbocycles. The van der Waals surface area contributed by atoms with Gasteiger partial charge in [0.2, 0.25) is 0 Å². The number of rotatable bonds is 6. The van der Waals surface area contributed by atoms with E-state index in [1.165, 1.54) is 37.8 Å². The van der Waals surface area contributed by atoms with Gasteiger partial charge in [-0.25, -0.2) is 9.97 Å². The molecule has 1 aliphatic rings. The van der Waals surface area contributed by atoms with Gasteiger partial charge in [0.05, 0.1) is 0 Å². The van der Waals surface area contributed by atoms with Gasteiger partial charge in [-0.1, -0.05) is 12.5 Å². The average molecular weight is 325 g/mol. The molecule has 5 heteroatoms. The van der Waals surface area contributed by atoms with Crippen LogP contribution >= 0.6 is 0 Å². The Hall–Kier alpha value is -1.85. The van der Waals surface area contributed by atoms with Gasteiger partial charge in [-0.3, -0.25) is 9.88 Å². The first-order chi connectivity index (χ1) is 11.7. The molecule has 2 aromatic rings. The summed E-state index contributed by atoms with van der Waals surface area (Å²) in [6, 6.07) is 6.48. The zero-order chi connectivity index (χ0) is 16.8. The fraction of sp³-hybridized carbons (Fsp3) is 0.526. The average Bonchev–Trinajstić information content (AvgIpc) is 2.62. The molecular formula is C19H27N5. The van der Waals surface area contributed by atoms with Gasteiger partial charge in [-0.15, -0.1) is 0 Å². The van der Waals surface area contributed by atoms with Gasteiger partial charge in [0.25, 0.3) is 0 Å². The molecule has 1 unspecified atom stereocenters. The largest absolute Gasteiger partial charge is 0.309 e. The van der Waals surface area contributed by atoms with Crippen LogP contribution in [-0.2, 0) is 6.54 Å². The Morgan fingerprint density at radius 1 is 1.12 bits per heavy atom. The predicted octanol–water partition coefficient (Wildman–Crippen LogP) is 2.84. The minimum absolute atomic E-state index is 0.677. The van der Waals surface area contributed by atoms with E-state index in [-0.39, 0.29) is 0 Å². The predicted molar refractivity (Wildman–Crippen MR) is 96.5 cm³/mol. The third-order valence-corrected chi connectivity index (χ3v) is 4.64. The lowest BCUT2D eigenvalue weighted by Gasteiger charge is -2.36. The van der Waals surface area contributed by atoms with Crippen molar-refractivity contribution in [1.29, 1.82) is 0 Å². The highest BCUT2D eigenvalue weighted by molar-refractivity contribution is 5.47. The molecule has 3 heterocycles. The van der Waals surface area contributed by atoms with E-state index in [9.17, 15) is 0 Å². The molecule has 24 heavy (non-hydrogen) atoms. The van der Waals surface area contributed by atoms with Crippen LogP contribution < -0.4 is 0 Å². The highest BCUT2D eigenvalue weighted by Gasteiger charge is 2.22. The lowest BCUT2D eigenvalue weighted by Crippen LogP contribution is -2.40. The Morgan fingerprint density at radius 2 is 1.96 bits per heavy atom. The Morgan fingerprint density at radius 3 is 2.67 bits per heavy atom. The molecule has 1 aliphatic heterocycles.